The predicted octanol–water partition coefficient (Wildman–Crippen LogP) is 3.76. The second kappa shape index (κ2) is 11.4. The van der Waals surface area contributed by atoms with Gasteiger partial charge in [-0.2, -0.15) is 0 Å². The van der Waals surface area contributed by atoms with Gasteiger partial charge in [0.15, 0.2) is 4.34 Å². The van der Waals surface area contributed by atoms with Crippen LogP contribution in [0.2, 0.25) is 0 Å². The van der Waals surface area contributed by atoms with Gasteiger partial charge in [0.2, 0.25) is 11.0 Å². The van der Waals surface area contributed by atoms with Gasteiger partial charge in [-0.1, -0.05) is 67.3 Å². The normalized spacial score (nSPS) is 11.3. The fourth-order valence-corrected chi connectivity index (χ4v) is 5.89. The third-order valence-corrected chi connectivity index (χ3v) is 8.39. The van der Waals surface area contributed by atoms with E-state index in [-0.39, 0.29) is 21.7 Å². The first kappa shape index (κ1) is 25.7. The lowest BCUT2D eigenvalue weighted by Crippen LogP contribution is -2.38. The number of aromatic nitrogens is 2. The molecular weight excluding hydrogens is 496 g/mol. The molecule has 3 aromatic rings. The first-order valence-corrected chi connectivity index (χ1v) is 13.5. The molecule has 12 heteroatoms. The zero-order chi connectivity index (χ0) is 24.7. The number of hydrogen-bond donors (Lipinski definition) is 1. The molecule has 180 valence electrons. The summed E-state index contributed by atoms with van der Waals surface area (Å²) >= 11 is 2.21. The molecule has 0 spiro atoms. The Morgan fingerprint density at radius 2 is 1.76 bits per heavy atom. The third kappa shape index (κ3) is 6.55. The Balaban J connectivity index is 1.81. The average Bonchev–Trinajstić information content (AvgIpc) is 3.28. The lowest BCUT2D eigenvalue weighted by atomic mass is 10.0. The number of rotatable bonds is 10. The summed E-state index contributed by atoms with van der Waals surface area (Å²) < 4.78 is 32.9. The lowest BCUT2D eigenvalue weighted by Gasteiger charge is -2.24. The van der Waals surface area contributed by atoms with E-state index in [4.69, 9.17) is 0 Å². The standard InChI is InChI=1S/C22H24N4O5S3/c1-15(2)16-9-11-17(12-10-16)26(34(29,30)18-7-5-4-6-8-18)13-19(27)23-21-24-25-22(33-21)32-14-20(28)31-3/h4-12,15H,13-14H2,1-3H3,(H,23,24,27). The van der Waals surface area contributed by atoms with Crippen LogP contribution in [0.15, 0.2) is 63.8 Å². The molecule has 0 aliphatic rings. The highest BCUT2D eigenvalue weighted by Gasteiger charge is 2.27. The molecule has 0 radical (unpaired) electrons. The summed E-state index contributed by atoms with van der Waals surface area (Å²) in [5, 5.41) is 10.6. The van der Waals surface area contributed by atoms with Crippen LogP contribution in [-0.2, 0) is 24.3 Å². The molecular formula is C22H24N4O5S3. The van der Waals surface area contributed by atoms with Crippen molar-refractivity contribution in [1.82, 2.24) is 10.2 Å². The highest BCUT2D eigenvalue weighted by atomic mass is 32.2. The van der Waals surface area contributed by atoms with Crippen molar-refractivity contribution in [3.8, 4) is 0 Å². The number of sulfonamides is 1. The van der Waals surface area contributed by atoms with Crippen LogP contribution in [0, 0.1) is 0 Å². The van der Waals surface area contributed by atoms with Gasteiger partial charge in [0, 0.05) is 0 Å². The fourth-order valence-electron chi connectivity index (χ4n) is 2.85. The minimum atomic E-state index is -4.01. The van der Waals surface area contributed by atoms with Crippen molar-refractivity contribution in [2.75, 3.05) is 29.0 Å². The summed E-state index contributed by atoms with van der Waals surface area (Å²) in [6, 6.07) is 15.0. The number of nitrogens with one attached hydrogen (secondary N) is 1. The Bertz CT molecular complexity index is 1230. The van der Waals surface area contributed by atoms with Crippen molar-refractivity contribution in [2.45, 2.75) is 29.0 Å². The Morgan fingerprint density at radius 3 is 2.38 bits per heavy atom. The van der Waals surface area contributed by atoms with Crippen LogP contribution in [-0.4, -0.2) is 49.9 Å². The van der Waals surface area contributed by atoms with Gasteiger partial charge in [-0.15, -0.1) is 10.2 Å². The molecule has 1 aromatic heterocycles. The quantitative estimate of drug-likeness (QED) is 0.244. The maximum absolute atomic E-state index is 13.4. The van der Waals surface area contributed by atoms with Crippen LogP contribution in [0.25, 0.3) is 0 Å². The Hall–Kier alpha value is -2.96. The van der Waals surface area contributed by atoms with Gasteiger partial charge in [-0.05, 0) is 35.7 Å². The maximum atomic E-state index is 13.4. The Labute approximate surface area is 206 Å². The predicted molar refractivity (Wildman–Crippen MR) is 133 cm³/mol. The van der Waals surface area contributed by atoms with Gasteiger partial charge < -0.3 is 4.74 Å². The number of hydrogen-bond acceptors (Lipinski definition) is 9. The lowest BCUT2D eigenvalue weighted by molar-refractivity contribution is -0.137. The SMILES string of the molecule is COC(=O)CSc1nnc(NC(=O)CN(c2ccc(C(C)C)cc2)S(=O)(=O)c2ccccc2)s1. The van der Waals surface area contributed by atoms with Crippen LogP contribution in [0.5, 0.6) is 0 Å². The van der Waals surface area contributed by atoms with Gasteiger partial charge in [0.25, 0.3) is 10.0 Å². The van der Waals surface area contributed by atoms with Gasteiger partial charge in [-0.3, -0.25) is 19.2 Å². The van der Waals surface area contributed by atoms with Crippen LogP contribution in [0.4, 0.5) is 10.8 Å². The first-order valence-electron chi connectivity index (χ1n) is 10.2. The van der Waals surface area contributed by atoms with Crippen molar-refractivity contribution < 1.29 is 22.7 Å². The molecule has 34 heavy (non-hydrogen) atoms. The number of carbonyl (C=O) groups excluding carboxylic acids is 2. The molecule has 3 rings (SSSR count). The summed E-state index contributed by atoms with van der Waals surface area (Å²) in [5.74, 6) is -0.640. The summed E-state index contributed by atoms with van der Waals surface area (Å²) in [6.45, 7) is 3.63. The fraction of sp³-hybridized carbons (Fsp3) is 0.273. The van der Waals surface area contributed by atoms with Gasteiger partial charge in [-0.25, -0.2) is 8.42 Å². The number of methoxy groups -OCH3 is 1. The van der Waals surface area contributed by atoms with Crippen molar-refractivity contribution >= 4 is 55.8 Å². The smallest absolute Gasteiger partial charge is 0.316 e. The second-order valence-electron chi connectivity index (χ2n) is 7.36. The number of thioether (sulfide) groups is 1. The summed E-state index contributed by atoms with van der Waals surface area (Å²) in [5.41, 5.74) is 1.42. The van der Waals surface area contributed by atoms with Crippen LogP contribution < -0.4 is 9.62 Å². The zero-order valence-corrected chi connectivity index (χ0v) is 21.2. The molecule has 0 aliphatic heterocycles. The molecule has 0 atom stereocenters. The van der Waals surface area contributed by atoms with Crippen molar-refractivity contribution in [3.63, 3.8) is 0 Å². The van der Waals surface area contributed by atoms with E-state index in [1.807, 2.05) is 26.0 Å². The molecule has 0 aliphatic carbocycles. The average molecular weight is 521 g/mol. The highest BCUT2D eigenvalue weighted by molar-refractivity contribution is 8.01. The largest absolute Gasteiger partial charge is 0.468 e. The number of benzene rings is 2. The van der Waals surface area contributed by atoms with E-state index in [0.717, 1.165) is 33.0 Å². The van der Waals surface area contributed by atoms with Gasteiger partial charge in [0.05, 0.1) is 23.4 Å². The van der Waals surface area contributed by atoms with Gasteiger partial charge in [0.1, 0.15) is 6.54 Å². The molecule has 0 saturated heterocycles. The molecule has 0 saturated carbocycles. The number of amides is 1. The Morgan fingerprint density at radius 1 is 1.09 bits per heavy atom. The number of carbonyl (C=O) groups is 2. The molecule has 9 nitrogen and oxygen atoms in total. The minimum Gasteiger partial charge on any atom is -0.468 e. The molecule has 0 fully saturated rings. The summed E-state index contributed by atoms with van der Waals surface area (Å²) in [6.07, 6.45) is 0. The maximum Gasteiger partial charge on any atom is 0.316 e. The van der Waals surface area contributed by atoms with E-state index in [1.54, 1.807) is 30.3 Å². The van der Waals surface area contributed by atoms with E-state index in [2.05, 4.69) is 20.3 Å². The van der Waals surface area contributed by atoms with E-state index >= 15 is 0 Å². The van der Waals surface area contributed by atoms with E-state index in [1.165, 1.54) is 19.2 Å². The molecule has 1 amide bonds. The van der Waals surface area contributed by atoms with Crippen LogP contribution in [0.1, 0.15) is 25.3 Å². The van der Waals surface area contributed by atoms with Crippen LogP contribution in [0.3, 0.4) is 0 Å². The summed E-state index contributed by atoms with van der Waals surface area (Å²) in [7, 11) is -2.71. The van der Waals surface area contributed by atoms with Crippen molar-refractivity contribution in [1.29, 1.82) is 0 Å². The highest BCUT2D eigenvalue weighted by Crippen LogP contribution is 2.27. The number of anilines is 2. The minimum absolute atomic E-state index is 0.0640. The molecule has 1 heterocycles. The monoisotopic (exact) mass is 520 g/mol. The third-order valence-electron chi connectivity index (χ3n) is 4.66. The first-order chi connectivity index (χ1) is 16.2. The molecule has 0 unspecified atom stereocenters. The second-order valence-corrected chi connectivity index (χ2v) is 11.4. The van der Waals surface area contributed by atoms with E-state index in [0.29, 0.717) is 10.0 Å². The number of esters is 1. The molecule has 1 N–H and O–H groups in total. The van der Waals surface area contributed by atoms with Gasteiger partial charge >= 0.3 is 5.97 Å². The molecule has 2 aromatic carbocycles. The Kier molecular flexibility index (Phi) is 8.64. The topological polar surface area (TPSA) is 119 Å². The van der Waals surface area contributed by atoms with E-state index < -0.39 is 28.4 Å². The number of nitrogens with zero attached hydrogens (tertiary/aromatic N) is 3. The summed E-state index contributed by atoms with van der Waals surface area (Å²) in [4.78, 5) is 24.2. The van der Waals surface area contributed by atoms with Crippen LogP contribution >= 0.6 is 23.1 Å². The van der Waals surface area contributed by atoms with E-state index in [9.17, 15) is 18.0 Å². The van der Waals surface area contributed by atoms with Crippen molar-refractivity contribution in [3.05, 3.63) is 60.2 Å². The van der Waals surface area contributed by atoms with Crippen molar-refractivity contribution in [2.24, 2.45) is 0 Å². The number of ether oxygens (including phenoxy) is 1. The zero-order valence-electron chi connectivity index (χ0n) is 18.8. The molecule has 0 bridgehead atoms.